The Morgan fingerprint density at radius 1 is 1.24 bits per heavy atom. The zero-order valence-corrected chi connectivity index (χ0v) is 17.0. The molecule has 3 aromatic rings. The highest BCUT2D eigenvalue weighted by molar-refractivity contribution is 7.95. The fourth-order valence-electron chi connectivity index (χ4n) is 2.46. The summed E-state index contributed by atoms with van der Waals surface area (Å²) in [7, 11) is -2.88. The van der Waals surface area contributed by atoms with Crippen LogP contribution in [0.5, 0.6) is 0 Å². The van der Waals surface area contributed by atoms with Crippen LogP contribution in [0.25, 0.3) is 16.6 Å². The van der Waals surface area contributed by atoms with Gasteiger partial charge in [-0.3, -0.25) is 4.68 Å². The third-order valence-corrected chi connectivity index (χ3v) is 6.83. The van der Waals surface area contributed by atoms with Gasteiger partial charge in [-0.15, -0.1) is 11.3 Å². The number of sulfone groups is 1. The molecule has 0 saturated heterocycles. The third-order valence-electron chi connectivity index (χ3n) is 3.85. The Balaban J connectivity index is 1.96. The first-order chi connectivity index (χ1) is 13.5. The van der Waals surface area contributed by atoms with E-state index >= 15 is 0 Å². The van der Waals surface area contributed by atoms with Crippen LogP contribution in [-0.4, -0.2) is 18.2 Å². The summed E-state index contributed by atoms with van der Waals surface area (Å²) in [4.78, 5) is 0.202. The van der Waals surface area contributed by atoms with E-state index in [-0.39, 0.29) is 10.6 Å². The van der Waals surface area contributed by atoms with Gasteiger partial charge in [-0.25, -0.2) is 8.42 Å². The van der Waals surface area contributed by atoms with Crippen molar-refractivity contribution in [3.05, 3.63) is 63.0 Å². The lowest BCUT2D eigenvalue weighted by Crippen LogP contribution is -2.11. The Hall–Kier alpha value is -2.61. The van der Waals surface area contributed by atoms with Gasteiger partial charge in [0.2, 0.25) is 9.84 Å². The summed E-state index contributed by atoms with van der Waals surface area (Å²) in [5.74, 6) is 0. The minimum absolute atomic E-state index is 0.0916. The van der Waals surface area contributed by atoms with Crippen molar-refractivity contribution in [3.63, 3.8) is 0 Å². The summed E-state index contributed by atoms with van der Waals surface area (Å²) in [6, 6.07) is 11.0. The minimum atomic E-state index is -4.54. The van der Waals surface area contributed by atoms with Crippen molar-refractivity contribution >= 4 is 38.9 Å². The predicted octanol–water partition coefficient (Wildman–Crippen LogP) is 5.16. The number of nitriles is 1. The highest BCUT2D eigenvalue weighted by Crippen LogP contribution is 2.35. The first-order valence-electron chi connectivity index (χ1n) is 7.86. The molecule has 0 saturated carbocycles. The Bertz CT molecular complexity index is 1230. The maximum absolute atomic E-state index is 12.9. The molecule has 0 unspecified atom stereocenters. The fraction of sp³-hybridized carbons (Fsp3) is 0.111. The van der Waals surface area contributed by atoms with Gasteiger partial charge in [0.25, 0.3) is 0 Å². The molecule has 5 nitrogen and oxygen atoms in total. The van der Waals surface area contributed by atoms with Gasteiger partial charge in [0.1, 0.15) is 17.5 Å². The van der Waals surface area contributed by atoms with Crippen LogP contribution in [0.3, 0.4) is 0 Å². The number of alkyl halides is 3. The summed E-state index contributed by atoms with van der Waals surface area (Å²) in [5, 5.41) is 13.5. The Morgan fingerprint density at radius 2 is 1.90 bits per heavy atom. The molecule has 29 heavy (non-hydrogen) atoms. The molecular formula is C18H11ClF3N3O2S2. The zero-order chi connectivity index (χ0) is 21.4. The van der Waals surface area contributed by atoms with Crippen LogP contribution in [0.15, 0.2) is 52.3 Å². The third kappa shape index (κ3) is 4.37. The lowest BCUT2D eigenvalue weighted by molar-refractivity contribution is -0.143. The molecule has 3 rings (SSSR count). The first-order valence-corrected chi connectivity index (χ1v) is 10.5. The molecule has 0 spiro atoms. The summed E-state index contributed by atoms with van der Waals surface area (Å²) >= 11 is 6.78. The number of aryl methyl sites for hydroxylation is 1. The van der Waals surface area contributed by atoms with Gasteiger partial charge in [0.15, 0.2) is 4.91 Å². The molecule has 2 aromatic heterocycles. The van der Waals surface area contributed by atoms with Crippen LogP contribution in [0, 0.1) is 11.3 Å². The van der Waals surface area contributed by atoms with Crippen LogP contribution < -0.4 is 0 Å². The number of halogens is 4. The molecule has 11 heteroatoms. The minimum Gasteiger partial charge on any atom is -0.263 e. The van der Waals surface area contributed by atoms with Crippen LogP contribution in [0.4, 0.5) is 13.2 Å². The molecule has 0 N–H and O–H groups in total. The van der Waals surface area contributed by atoms with Gasteiger partial charge in [0.05, 0.1) is 9.77 Å². The SMILES string of the molecule is Cn1nc(-c2ccc(/C=C(\C#N)S(=O)(=O)c3ccc(Cl)cc3)s2)cc1C(F)(F)F. The second kappa shape index (κ2) is 7.67. The molecule has 0 radical (unpaired) electrons. The second-order valence-corrected chi connectivity index (χ2v) is 9.29. The lowest BCUT2D eigenvalue weighted by Gasteiger charge is -2.04. The summed E-state index contributed by atoms with van der Waals surface area (Å²) in [6.45, 7) is 0. The largest absolute Gasteiger partial charge is 0.433 e. The number of rotatable bonds is 4. The fourth-order valence-corrected chi connectivity index (χ4v) is 4.72. The van der Waals surface area contributed by atoms with Crippen molar-refractivity contribution in [2.45, 2.75) is 11.1 Å². The normalized spacial score (nSPS) is 12.8. The number of nitrogens with zero attached hydrogens (tertiary/aromatic N) is 3. The highest BCUT2D eigenvalue weighted by Gasteiger charge is 2.35. The predicted molar refractivity (Wildman–Crippen MR) is 104 cm³/mol. The Morgan fingerprint density at radius 3 is 2.45 bits per heavy atom. The van der Waals surface area contributed by atoms with Gasteiger partial charge in [0, 0.05) is 16.9 Å². The number of aromatic nitrogens is 2. The van der Waals surface area contributed by atoms with E-state index in [2.05, 4.69) is 5.10 Å². The molecule has 0 aliphatic carbocycles. The second-order valence-electron chi connectivity index (χ2n) is 5.82. The molecule has 0 fully saturated rings. The summed E-state index contributed by atoms with van der Waals surface area (Å²) in [5.41, 5.74) is -0.801. The van der Waals surface area contributed by atoms with E-state index < -0.39 is 26.6 Å². The molecule has 150 valence electrons. The van der Waals surface area contributed by atoms with Crippen LogP contribution in [0.1, 0.15) is 10.6 Å². The van der Waals surface area contributed by atoms with E-state index in [0.29, 0.717) is 14.8 Å². The Kier molecular flexibility index (Phi) is 5.58. The molecule has 0 bridgehead atoms. The van der Waals surface area contributed by atoms with E-state index in [0.717, 1.165) is 22.1 Å². The van der Waals surface area contributed by atoms with Crippen molar-refractivity contribution < 1.29 is 21.6 Å². The van der Waals surface area contributed by atoms with E-state index in [1.165, 1.54) is 49.5 Å². The average molecular weight is 458 g/mol. The summed E-state index contributed by atoms with van der Waals surface area (Å²) in [6.07, 6.45) is -3.37. The van der Waals surface area contributed by atoms with Gasteiger partial charge < -0.3 is 0 Å². The van der Waals surface area contributed by atoms with Crippen molar-refractivity contribution in [1.29, 1.82) is 5.26 Å². The number of hydrogen-bond donors (Lipinski definition) is 0. The topological polar surface area (TPSA) is 75.8 Å². The number of thiophene rings is 1. The van der Waals surface area contributed by atoms with E-state index in [4.69, 9.17) is 11.6 Å². The standard InChI is InChI=1S/C18H11ClF3N3O2S2/c1-25-17(18(20,21)22)9-15(24-25)16-7-4-12(28-16)8-14(10-23)29(26,27)13-5-2-11(19)3-6-13/h2-9H,1H3/b14-8+. The van der Waals surface area contributed by atoms with Crippen molar-refractivity contribution in [3.8, 4) is 16.6 Å². The quantitative estimate of drug-likeness (QED) is 0.507. The van der Waals surface area contributed by atoms with Gasteiger partial charge in [-0.2, -0.15) is 23.5 Å². The van der Waals surface area contributed by atoms with Crippen LogP contribution in [0.2, 0.25) is 5.02 Å². The van der Waals surface area contributed by atoms with E-state index in [1.54, 1.807) is 6.07 Å². The molecule has 0 aliphatic rings. The van der Waals surface area contributed by atoms with Gasteiger partial charge >= 0.3 is 6.18 Å². The van der Waals surface area contributed by atoms with Crippen molar-refractivity contribution in [2.24, 2.45) is 7.05 Å². The maximum Gasteiger partial charge on any atom is 0.433 e. The average Bonchev–Trinajstić information content (AvgIpc) is 3.26. The molecule has 2 heterocycles. The Labute approximate surface area is 173 Å². The van der Waals surface area contributed by atoms with Gasteiger partial charge in [-0.1, -0.05) is 11.6 Å². The van der Waals surface area contributed by atoms with Gasteiger partial charge in [-0.05, 0) is 48.5 Å². The van der Waals surface area contributed by atoms with Crippen LogP contribution >= 0.6 is 22.9 Å². The first kappa shape index (κ1) is 21.1. The molecular weight excluding hydrogens is 447 g/mol. The lowest BCUT2D eigenvalue weighted by atomic mass is 10.3. The molecule has 0 atom stereocenters. The smallest absolute Gasteiger partial charge is 0.263 e. The highest BCUT2D eigenvalue weighted by atomic mass is 35.5. The molecule has 0 amide bonds. The van der Waals surface area contributed by atoms with Crippen LogP contribution in [-0.2, 0) is 23.1 Å². The number of benzene rings is 1. The molecule has 1 aromatic carbocycles. The van der Waals surface area contributed by atoms with Crippen molar-refractivity contribution in [1.82, 2.24) is 9.78 Å². The maximum atomic E-state index is 12.9. The number of hydrogen-bond acceptors (Lipinski definition) is 5. The molecule has 0 aliphatic heterocycles. The van der Waals surface area contributed by atoms with E-state index in [9.17, 15) is 26.9 Å². The summed E-state index contributed by atoms with van der Waals surface area (Å²) < 4.78 is 64.8. The number of allylic oxidation sites excluding steroid dienone is 1. The zero-order valence-electron chi connectivity index (χ0n) is 14.6. The van der Waals surface area contributed by atoms with E-state index in [1.807, 2.05) is 0 Å². The van der Waals surface area contributed by atoms with Crippen molar-refractivity contribution in [2.75, 3.05) is 0 Å². The monoisotopic (exact) mass is 457 g/mol.